The smallest absolute Gasteiger partial charge is 0.306 e. The topological polar surface area (TPSA) is 66.9 Å². The number of benzene rings is 2. The molecule has 1 heterocycles. The number of methoxy groups -OCH3 is 2. The van der Waals surface area contributed by atoms with E-state index in [9.17, 15) is 9.18 Å². The fraction of sp³-hybridized carbons (Fsp3) is 0.400. The minimum Gasteiger partial charge on any atom is -0.497 e. The predicted octanol–water partition coefficient (Wildman–Crippen LogP) is 6.57. The Balaban J connectivity index is 1.54. The molecule has 0 amide bonds. The van der Waals surface area contributed by atoms with E-state index in [1.807, 2.05) is 44.2 Å². The summed E-state index contributed by atoms with van der Waals surface area (Å²) in [6.07, 6.45) is 2.61. The van der Waals surface area contributed by atoms with Crippen LogP contribution in [0.25, 0.3) is 11.1 Å². The summed E-state index contributed by atoms with van der Waals surface area (Å²) in [5.41, 5.74) is 2.65. The molecule has 1 atom stereocenters. The highest BCUT2D eigenvalue weighted by atomic mass is 19.1. The lowest BCUT2D eigenvalue weighted by Gasteiger charge is -2.17. The summed E-state index contributed by atoms with van der Waals surface area (Å²) >= 11 is 0. The van der Waals surface area contributed by atoms with E-state index in [0.717, 1.165) is 18.4 Å². The summed E-state index contributed by atoms with van der Waals surface area (Å²) in [5, 5.41) is 0. The molecule has 6 nitrogen and oxygen atoms in total. The van der Waals surface area contributed by atoms with Crippen molar-refractivity contribution >= 4 is 5.97 Å². The molecule has 1 saturated carbocycles. The van der Waals surface area contributed by atoms with Crippen LogP contribution in [0.3, 0.4) is 0 Å². The van der Waals surface area contributed by atoms with Crippen molar-refractivity contribution in [1.82, 2.24) is 4.98 Å². The molecule has 0 spiro atoms. The first-order valence-electron chi connectivity index (χ1n) is 12.6. The third-order valence-corrected chi connectivity index (χ3v) is 6.41. The van der Waals surface area contributed by atoms with Gasteiger partial charge in [0.1, 0.15) is 23.9 Å². The highest BCUT2D eigenvalue weighted by molar-refractivity contribution is 5.71. The van der Waals surface area contributed by atoms with Crippen LogP contribution in [0.5, 0.6) is 17.4 Å². The van der Waals surface area contributed by atoms with Gasteiger partial charge < -0.3 is 18.9 Å². The summed E-state index contributed by atoms with van der Waals surface area (Å²) in [6, 6.07) is 16.1. The van der Waals surface area contributed by atoms with Gasteiger partial charge in [-0.25, -0.2) is 9.37 Å². The van der Waals surface area contributed by atoms with Crippen molar-refractivity contribution in [3.63, 3.8) is 0 Å². The van der Waals surface area contributed by atoms with Gasteiger partial charge in [-0.2, -0.15) is 0 Å². The van der Waals surface area contributed by atoms with Crippen molar-refractivity contribution < 1.29 is 28.1 Å². The minimum absolute atomic E-state index is 0.127. The molecule has 196 valence electrons. The zero-order chi connectivity index (χ0) is 26.4. The number of carbonyl (C=O) groups is 1. The molecule has 1 aliphatic rings. The molecule has 1 aromatic heterocycles. The van der Waals surface area contributed by atoms with E-state index >= 15 is 0 Å². The average Bonchev–Trinajstić information content (AvgIpc) is 3.75. The zero-order valence-electron chi connectivity index (χ0n) is 21.8. The second-order valence-electron chi connectivity index (χ2n) is 9.79. The first kappa shape index (κ1) is 26.5. The maximum absolute atomic E-state index is 14.7. The van der Waals surface area contributed by atoms with Crippen LogP contribution in [0.15, 0.2) is 54.6 Å². The van der Waals surface area contributed by atoms with Gasteiger partial charge in [0, 0.05) is 11.1 Å². The molecule has 1 fully saturated rings. The second-order valence-corrected chi connectivity index (χ2v) is 9.79. The first-order valence-corrected chi connectivity index (χ1v) is 12.6. The molecular formula is C30H34FNO5. The Morgan fingerprint density at radius 1 is 1.00 bits per heavy atom. The van der Waals surface area contributed by atoms with E-state index in [0.29, 0.717) is 53.1 Å². The Labute approximate surface area is 217 Å². The lowest BCUT2D eigenvalue weighted by Crippen LogP contribution is -2.11. The summed E-state index contributed by atoms with van der Waals surface area (Å²) in [6.45, 7) is 4.75. The van der Waals surface area contributed by atoms with Crippen LogP contribution in [0.4, 0.5) is 4.39 Å². The van der Waals surface area contributed by atoms with E-state index in [-0.39, 0.29) is 30.2 Å². The Morgan fingerprint density at radius 3 is 2.51 bits per heavy atom. The Hall–Kier alpha value is -3.61. The number of esters is 1. The third-order valence-electron chi connectivity index (χ3n) is 6.41. The average molecular weight is 508 g/mol. The number of hydrogen-bond donors (Lipinski definition) is 0. The van der Waals surface area contributed by atoms with Gasteiger partial charge in [0.15, 0.2) is 0 Å². The number of carbonyl (C=O) groups excluding carboxylic acids is 1. The van der Waals surface area contributed by atoms with E-state index in [1.54, 1.807) is 25.3 Å². The largest absolute Gasteiger partial charge is 0.497 e. The zero-order valence-corrected chi connectivity index (χ0v) is 21.8. The lowest BCUT2D eigenvalue weighted by molar-refractivity contribution is -0.141. The maximum Gasteiger partial charge on any atom is 0.306 e. The molecule has 0 N–H and O–H groups in total. The van der Waals surface area contributed by atoms with E-state index in [1.165, 1.54) is 13.2 Å². The number of rotatable bonds is 12. The van der Waals surface area contributed by atoms with Crippen molar-refractivity contribution in [3.05, 3.63) is 71.7 Å². The normalized spacial score (nSPS) is 13.8. The number of halogens is 1. The molecule has 7 heteroatoms. The standard InChI is InChI=1S/C30H34FNO5/c1-19(2)17-37-30-25(27-15-23(34-3)11-13-28(27)31)12-10-22(32-30)18-36-24-7-5-6-21(14-24)26(20-8-9-20)16-29(33)35-4/h5-7,10-15,19-20,26H,8-9,16-18H2,1-4H3. The SMILES string of the molecule is COC(=O)CC(c1cccc(OCc2ccc(-c3cc(OC)ccc3F)c(OCC(C)C)n2)c1)C1CC1. The van der Waals surface area contributed by atoms with Crippen molar-refractivity contribution in [1.29, 1.82) is 0 Å². The van der Waals surface area contributed by atoms with Crippen molar-refractivity contribution in [2.45, 2.75) is 45.6 Å². The fourth-order valence-corrected chi connectivity index (χ4v) is 4.27. The van der Waals surface area contributed by atoms with Gasteiger partial charge in [0.2, 0.25) is 5.88 Å². The van der Waals surface area contributed by atoms with Gasteiger partial charge in [-0.3, -0.25) is 4.79 Å². The molecule has 3 aromatic rings. The van der Waals surface area contributed by atoms with Crippen molar-refractivity contribution in [2.24, 2.45) is 11.8 Å². The van der Waals surface area contributed by atoms with Gasteiger partial charge in [-0.15, -0.1) is 0 Å². The summed E-state index contributed by atoms with van der Waals surface area (Å²) < 4.78 is 37.0. The molecule has 37 heavy (non-hydrogen) atoms. The molecule has 0 aliphatic heterocycles. The molecule has 1 aliphatic carbocycles. The highest BCUT2D eigenvalue weighted by Gasteiger charge is 2.34. The van der Waals surface area contributed by atoms with Crippen molar-refractivity contribution in [2.75, 3.05) is 20.8 Å². The van der Waals surface area contributed by atoms with E-state index in [2.05, 4.69) is 4.98 Å². The predicted molar refractivity (Wildman–Crippen MR) is 139 cm³/mol. The summed E-state index contributed by atoms with van der Waals surface area (Å²) in [5.74, 6) is 1.92. The van der Waals surface area contributed by atoms with Gasteiger partial charge in [0.25, 0.3) is 0 Å². The summed E-state index contributed by atoms with van der Waals surface area (Å²) in [4.78, 5) is 16.6. The van der Waals surface area contributed by atoms with Gasteiger partial charge in [-0.05, 0) is 78.6 Å². The molecule has 0 radical (unpaired) electrons. The summed E-state index contributed by atoms with van der Waals surface area (Å²) in [7, 11) is 2.97. The van der Waals surface area contributed by atoms with Gasteiger partial charge in [0.05, 0.1) is 32.9 Å². The number of nitrogens with zero attached hydrogens (tertiary/aromatic N) is 1. The molecule has 4 rings (SSSR count). The van der Waals surface area contributed by atoms with Crippen molar-refractivity contribution in [3.8, 4) is 28.5 Å². The number of aromatic nitrogens is 1. The Kier molecular flexibility index (Phi) is 8.64. The second kappa shape index (κ2) is 12.1. The molecule has 1 unspecified atom stereocenters. The maximum atomic E-state index is 14.7. The highest BCUT2D eigenvalue weighted by Crippen LogP contribution is 2.45. The molecule has 2 aromatic carbocycles. The first-order chi connectivity index (χ1) is 17.9. The number of ether oxygens (including phenoxy) is 4. The third kappa shape index (κ3) is 7.00. The molecule has 0 saturated heterocycles. The van der Waals surface area contributed by atoms with Crippen LogP contribution in [-0.4, -0.2) is 31.8 Å². The molecular weight excluding hydrogens is 473 g/mol. The fourth-order valence-electron chi connectivity index (χ4n) is 4.27. The van der Waals surface area contributed by atoms with Gasteiger partial charge in [-0.1, -0.05) is 26.0 Å². The van der Waals surface area contributed by atoms with Crippen LogP contribution in [-0.2, 0) is 16.1 Å². The number of pyridine rings is 1. The van der Waals surface area contributed by atoms with E-state index in [4.69, 9.17) is 18.9 Å². The lowest BCUT2D eigenvalue weighted by atomic mass is 9.91. The quantitative estimate of drug-likeness (QED) is 0.259. The minimum atomic E-state index is -0.380. The number of hydrogen-bond acceptors (Lipinski definition) is 6. The van der Waals surface area contributed by atoms with Crippen LogP contribution in [0.1, 0.15) is 50.3 Å². The van der Waals surface area contributed by atoms with Crippen LogP contribution < -0.4 is 14.2 Å². The monoisotopic (exact) mass is 507 g/mol. The van der Waals surface area contributed by atoms with E-state index < -0.39 is 0 Å². The van der Waals surface area contributed by atoms with Crippen LogP contribution >= 0.6 is 0 Å². The Morgan fingerprint density at radius 2 is 1.81 bits per heavy atom. The molecule has 0 bridgehead atoms. The van der Waals surface area contributed by atoms with Crippen LogP contribution in [0, 0.1) is 17.7 Å². The van der Waals surface area contributed by atoms with Crippen LogP contribution in [0.2, 0.25) is 0 Å². The van der Waals surface area contributed by atoms with Gasteiger partial charge >= 0.3 is 5.97 Å². The Bertz CT molecular complexity index is 1220.